The van der Waals surface area contributed by atoms with Crippen molar-refractivity contribution in [2.24, 2.45) is 7.05 Å². The minimum absolute atomic E-state index is 0.137. The molecule has 0 saturated carbocycles. The Bertz CT molecular complexity index is 1450. The Morgan fingerprint density at radius 2 is 2.00 bits per heavy atom. The van der Waals surface area contributed by atoms with Crippen LogP contribution in [0.1, 0.15) is 31.3 Å². The summed E-state index contributed by atoms with van der Waals surface area (Å²) in [7, 11) is 1.90. The number of fused-ring (bicyclic) bond motifs is 1. The standard InChI is InChI=1S/C24H24N6O2S/c1-24(2,3)20-11-22(32-28-20)27-21(31)10-17-6-8-23(33-17)30-14-25-18-9-15(5-7-19(18)30)16-12-26-29(4)13-16/h5-9,11-14H,10H2,1-4H3,(H,27,31). The van der Waals surface area contributed by atoms with E-state index in [-0.39, 0.29) is 17.7 Å². The highest BCUT2D eigenvalue weighted by atomic mass is 32.1. The molecule has 0 fully saturated rings. The fraction of sp³-hybridized carbons (Fsp3) is 0.250. The summed E-state index contributed by atoms with van der Waals surface area (Å²) >= 11 is 1.56. The molecule has 0 unspecified atom stereocenters. The molecule has 0 aliphatic rings. The lowest BCUT2D eigenvalue weighted by Crippen LogP contribution is -2.13. The molecule has 168 valence electrons. The first-order valence-electron chi connectivity index (χ1n) is 10.6. The summed E-state index contributed by atoms with van der Waals surface area (Å²) in [4.78, 5) is 18.0. The van der Waals surface area contributed by atoms with Gasteiger partial charge in [-0.25, -0.2) is 4.98 Å². The Labute approximate surface area is 194 Å². The third kappa shape index (κ3) is 4.31. The molecule has 1 N–H and O–H groups in total. The van der Waals surface area contributed by atoms with Crippen LogP contribution in [-0.4, -0.2) is 30.4 Å². The Balaban J connectivity index is 1.31. The predicted octanol–water partition coefficient (Wildman–Crippen LogP) is 4.95. The smallest absolute Gasteiger partial charge is 0.232 e. The average molecular weight is 461 g/mol. The number of nitrogens with one attached hydrogen (secondary N) is 1. The van der Waals surface area contributed by atoms with Crippen molar-refractivity contribution < 1.29 is 9.32 Å². The van der Waals surface area contributed by atoms with Gasteiger partial charge in [-0.1, -0.05) is 32.0 Å². The van der Waals surface area contributed by atoms with Crippen molar-refractivity contribution >= 4 is 34.2 Å². The molecule has 4 aromatic heterocycles. The van der Waals surface area contributed by atoms with Gasteiger partial charge in [-0.05, 0) is 29.8 Å². The Morgan fingerprint density at radius 3 is 2.73 bits per heavy atom. The number of thiophene rings is 1. The van der Waals surface area contributed by atoms with Crippen molar-refractivity contribution in [2.75, 3.05) is 5.32 Å². The number of carbonyl (C=O) groups excluding carboxylic acids is 1. The topological polar surface area (TPSA) is 90.8 Å². The number of rotatable bonds is 5. The number of carbonyl (C=O) groups is 1. The van der Waals surface area contributed by atoms with Gasteiger partial charge in [-0.15, -0.1) is 11.3 Å². The summed E-state index contributed by atoms with van der Waals surface area (Å²) in [6.07, 6.45) is 5.90. The van der Waals surface area contributed by atoms with Gasteiger partial charge in [-0.3, -0.25) is 19.4 Å². The van der Waals surface area contributed by atoms with E-state index in [1.807, 2.05) is 63.2 Å². The second kappa shape index (κ2) is 8.00. The highest BCUT2D eigenvalue weighted by Crippen LogP contribution is 2.29. The van der Waals surface area contributed by atoms with Crippen LogP contribution in [-0.2, 0) is 23.7 Å². The number of hydrogen-bond donors (Lipinski definition) is 1. The molecule has 0 spiro atoms. The number of aromatic nitrogens is 5. The number of imidazole rings is 1. The molecular weight excluding hydrogens is 436 g/mol. The lowest BCUT2D eigenvalue weighted by atomic mass is 9.92. The third-order valence-corrected chi connectivity index (χ3v) is 6.43. The molecule has 0 radical (unpaired) electrons. The SMILES string of the molecule is Cn1cc(-c2ccc3c(c2)ncn3-c2ccc(CC(=O)Nc3cc(C(C)(C)C)no3)s2)cn1. The maximum atomic E-state index is 12.5. The molecule has 9 heteroatoms. The number of amides is 1. The van der Waals surface area contributed by atoms with Crippen LogP contribution in [0.4, 0.5) is 5.88 Å². The normalized spacial score (nSPS) is 11.9. The van der Waals surface area contributed by atoms with E-state index in [0.29, 0.717) is 5.88 Å². The van der Waals surface area contributed by atoms with Gasteiger partial charge >= 0.3 is 0 Å². The molecule has 4 heterocycles. The Hall–Kier alpha value is -3.72. The van der Waals surface area contributed by atoms with Crippen molar-refractivity contribution in [2.45, 2.75) is 32.6 Å². The quantitative estimate of drug-likeness (QED) is 0.401. The van der Waals surface area contributed by atoms with Gasteiger partial charge in [0, 0.05) is 35.2 Å². The zero-order valence-electron chi connectivity index (χ0n) is 18.9. The third-order valence-electron chi connectivity index (χ3n) is 5.35. The summed E-state index contributed by atoms with van der Waals surface area (Å²) in [5.41, 5.74) is 4.71. The summed E-state index contributed by atoms with van der Waals surface area (Å²) in [5.74, 6) is 0.225. The van der Waals surface area contributed by atoms with E-state index in [9.17, 15) is 4.79 Å². The first kappa shape index (κ1) is 21.1. The van der Waals surface area contributed by atoms with E-state index in [1.165, 1.54) is 0 Å². The molecule has 0 atom stereocenters. The van der Waals surface area contributed by atoms with Gasteiger partial charge in [0.2, 0.25) is 11.8 Å². The van der Waals surface area contributed by atoms with Gasteiger partial charge in [0.15, 0.2) is 0 Å². The van der Waals surface area contributed by atoms with Crippen LogP contribution >= 0.6 is 11.3 Å². The van der Waals surface area contributed by atoms with Gasteiger partial charge in [0.25, 0.3) is 0 Å². The monoisotopic (exact) mass is 460 g/mol. The van der Waals surface area contributed by atoms with Crippen molar-refractivity contribution in [3.63, 3.8) is 0 Å². The molecule has 0 saturated heterocycles. The highest BCUT2D eigenvalue weighted by Gasteiger charge is 2.20. The number of nitrogens with zero attached hydrogens (tertiary/aromatic N) is 5. The minimum atomic E-state index is -0.142. The van der Waals surface area contributed by atoms with E-state index in [0.717, 1.165) is 37.7 Å². The van der Waals surface area contributed by atoms with Crippen LogP contribution < -0.4 is 5.32 Å². The van der Waals surface area contributed by atoms with Crippen molar-refractivity contribution in [3.8, 4) is 16.1 Å². The number of anilines is 1. The molecule has 5 rings (SSSR count). The van der Waals surface area contributed by atoms with Crippen molar-refractivity contribution in [1.82, 2.24) is 24.5 Å². The zero-order valence-corrected chi connectivity index (χ0v) is 19.7. The predicted molar refractivity (Wildman–Crippen MR) is 129 cm³/mol. The Kier molecular flexibility index (Phi) is 5.13. The van der Waals surface area contributed by atoms with E-state index < -0.39 is 0 Å². The van der Waals surface area contributed by atoms with E-state index in [4.69, 9.17) is 4.52 Å². The second-order valence-corrected chi connectivity index (χ2v) is 10.2. The number of aryl methyl sites for hydroxylation is 1. The molecular formula is C24H24N6O2S. The van der Waals surface area contributed by atoms with Crippen LogP contribution in [0.3, 0.4) is 0 Å². The van der Waals surface area contributed by atoms with E-state index >= 15 is 0 Å². The molecule has 33 heavy (non-hydrogen) atoms. The zero-order chi connectivity index (χ0) is 23.2. The fourth-order valence-corrected chi connectivity index (χ4v) is 4.54. The molecule has 5 aromatic rings. The first-order valence-corrected chi connectivity index (χ1v) is 11.4. The lowest BCUT2D eigenvalue weighted by molar-refractivity contribution is -0.115. The largest absolute Gasteiger partial charge is 0.338 e. The summed E-state index contributed by atoms with van der Waals surface area (Å²) in [6.45, 7) is 6.13. The van der Waals surface area contributed by atoms with Gasteiger partial charge in [0.05, 0.1) is 29.3 Å². The van der Waals surface area contributed by atoms with Crippen LogP contribution in [0, 0.1) is 0 Å². The molecule has 0 aliphatic heterocycles. The maximum absolute atomic E-state index is 12.5. The van der Waals surface area contributed by atoms with Gasteiger partial charge < -0.3 is 4.52 Å². The van der Waals surface area contributed by atoms with Crippen LogP contribution in [0.2, 0.25) is 0 Å². The van der Waals surface area contributed by atoms with Crippen LogP contribution in [0.15, 0.2) is 59.6 Å². The number of hydrogen-bond acceptors (Lipinski definition) is 6. The van der Waals surface area contributed by atoms with Crippen molar-refractivity contribution in [3.05, 3.63) is 65.7 Å². The summed E-state index contributed by atoms with van der Waals surface area (Å²) < 4.78 is 9.09. The summed E-state index contributed by atoms with van der Waals surface area (Å²) in [5, 5.41) is 12.1. The summed E-state index contributed by atoms with van der Waals surface area (Å²) in [6, 6.07) is 11.9. The highest BCUT2D eigenvalue weighted by molar-refractivity contribution is 7.14. The van der Waals surface area contributed by atoms with Crippen LogP contribution in [0.5, 0.6) is 0 Å². The molecule has 0 aliphatic carbocycles. The molecule has 8 nitrogen and oxygen atoms in total. The van der Waals surface area contributed by atoms with E-state index in [1.54, 1.807) is 22.1 Å². The van der Waals surface area contributed by atoms with Crippen molar-refractivity contribution in [1.29, 1.82) is 0 Å². The van der Waals surface area contributed by atoms with Crippen LogP contribution in [0.25, 0.3) is 27.2 Å². The van der Waals surface area contributed by atoms with Gasteiger partial charge in [-0.2, -0.15) is 5.10 Å². The Morgan fingerprint density at radius 1 is 1.15 bits per heavy atom. The average Bonchev–Trinajstić information content (AvgIpc) is 3.53. The lowest BCUT2D eigenvalue weighted by Gasteiger charge is -2.12. The molecule has 0 bridgehead atoms. The maximum Gasteiger partial charge on any atom is 0.232 e. The van der Waals surface area contributed by atoms with E-state index in [2.05, 4.69) is 38.8 Å². The second-order valence-electron chi connectivity index (χ2n) is 9.01. The number of benzene rings is 1. The minimum Gasteiger partial charge on any atom is -0.338 e. The molecule has 1 amide bonds. The first-order chi connectivity index (χ1) is 15.8. The molecule has 1 aromatic carbocycles. The fourth-order valence-electron chi connectivity index (χ4n) is 3.56. The van der Waals surface area contributed by atoms with Gasteiger partial charge in [0.1, 0.15) is 11.3 Å².